The molecule has 0 aliphatic rings. The third kappa shape index (κ3) is 3.73. The summed E-state index contributed by atoms with van der Waals surface area (Å²) in [5.41, 5.74) is 0.822. The first-order valence-corrected chi connectivity index (χ1v) is 7.46. The van der Waals surface area contributed by atoms with Crippen LogP contribution in [0.2, 0.25) is 5.15 Å². The Morgan fingerprint density at radius 1 is 1.11 bits per heavy atom. The lowest BCUT2D eigenvalue weighted by Gasteiger charge is -2.07. The van der Waals surface area contributed by atoms with E-state index < -0.39 is 10.0 Å². The van der Waals surface area contributed by atoms with E-state index in [9.17, 15) is 8.42 Å². The van der Waals surface area contributed by atoms with E-state index in [0.29, 0.717) is 6.42 Å². The second kappa shape index (κ2) is 6.10. The summed E-state index contributed by atoms with van der Waals surface area (Å²) in [4.78, 5) is 7.84. The van der Waals surface area contributed by atoms with Gasteiger partial charge in [-0.15, -0.1) is 0 Å². The van der Waals surface area contributed by atoms with E-state index >= 15 is 0 Å². The highest BCUT2D eigenvalue weighted by Crippen LogP contribution is 2.17. The van der Waals surface area contributed by atoms with Crippen molar-refractivity contribution in [2.75, 3.05) is 6.54 Å². The highest BCUT2D eigenvalue weighted by Gasteiger charge is 2.17. The van der Waals surface area contributed by atoms with Crippen molar-refractivity contribution in [3.63, 3.8) is 0 Å². The molecule has 0 atom stereocenters. The first kappa shape index (κ1) is 13.9. The van der Waals surface area contributed by atoms with Gasteiger partial charge in [0.15, 0.2) is 0 Å². The molecule has 1 N–H and O–H groups in total. The van der Waals surface area contributed by atoms with E-state index in [2.05, 4.69) is 14.7 Å². The number of nitrogens with zero attached hydrogens (tertiary/aromatic N) is 2. The van der Waals surface area contributed by atoms with Crippen LogP contribution in [0.1, 0.15) is 5.69 Å². The molecule has 0 spiro atoms. The number of pyridine rings is 2. The molecule has 2 heterocycles. The average Bonchev–Trinajstić information content (AvgIpc) is 2.40. The van der Waals surface area contributed by atoms with Crippen LogP contribution in [0.25, 0.3) is 0 Å². The van der Waals surface area contributed by atoms with Crippen LogP contribution in [0.15, 0.2) is 47.6 Å². The summed E-state index contributed by atoms with van der Waals surface area (Å²) in [7, 11) is -3.63. The van der Waals surface area contributed by atoms with Gasteiger partial charge in [0.2, 0.25) is 10.0 Å². The van der Waals surface area contributed by atoms with E-state index in [0.717, 1.165) is 5.69 Å². The van der Waals surface area contributed by atoms with Crippen LogP contribution in [0.5, 0.6) is 0 Å². The van der Waals surface area contributed by atoms with E-state index in [1.807, 2.05) is 18.2 Å². The fourth-order valence-corrected chi connectivity index (χ4v) is 2.99. The molecule has 0 amide bonds. The van der Waals surface area contributed by atoms with Crippen molar-refractivity contribution in [2.45, 2.75) is 11.3 Å². The quantitative estimate of drug-likeness (QED) is 0.852. The van der Waals surface area contributed by atoms with Gasteiger partial charge in [0.25, 0.3) is 0 Å². The molecule has 7 heteroatoms. The van der Waals surface area contributed by atoms with Crippen molar-refractivity contribution >= 4 is 21.6 Å². The van der Waals surface area contributed by atoms with Gasteiger partial charge in [-0.05, 0) is 24.3 Å². The molecule has 19 heavy (non-hydrogen) atoms. The molecule has 100 valence electrons. The number of hydrogen-bond acceptors (Lipinski definition) is 4. The summed E-state index contributed by atoms with van der Waals surface area (Å²) in [6, 6.07) is 8.45. The molecular weight excluding hydrogens is 286 g/mol. The van der Waals surface area contributed by atoms with Crippen LogP contribution in [0.4, 0.5) is 0 Å². The fraction of sp³-hybridized carbons (Fsp3) is 0.167. The number of aromatic nitrogens is 2. The second-order valence-electron chi connectivity index (χ2n) is 3.76. The van der Waals surface area contributed by atoms with Crippen LogP contribution in [-0.2, 0) is 16.4 Å². The van der Waals surface area contributed by atoms with Gasteiger partial charge in [0, 0.05) is 31.1 Å². The second-order valence-corrected chi connectivity index (χ2v) is 5.85. The molecule has 0 bridgehead atoms. The Hall–Kier alpha value is -1.50. The van der Waals surface area contributed by atoms with Gasteiger partial charge in [-0.1, -0.05) is 17.7 Å². The number of sulfonamides is 1. The highest BCUT2D eigenvalue weighted by molar-refractivity contribution is 7.89. The van der Waals surface area contributed by atoms with Crippen LogP contribution >= 0.6 is 11.6 Å². The molecule has 0 fully saturated rings. The molecule has 0 saturated carbocycles. The van der Waals surface area contributed by atoms with Crippen molar-refractivity contribution in [2.24, 2.45) is 0 Å². The Balaban J connectivity index is 2.01. The molecular formula is C12H12ClN3O2S. The Morgan fingerprint density at radius 3 is 2.58 bits per heavy atom. The fourth-order valence-electron chi connectivity index (χ4n) is 1.51. The summed E-state index contributed by atoms with van der Waals surface area (Å²) in [5.74, 6) is 0. The number of hydrogen-bond donors (Lipinski definition) is 1. The maximum Gasteiger partial charge on any atom is 0.243 e. The third-order valence-corrected chi connectivity index (χ3v) is 4.32. The summed E-state index contributed by atoms with van der Waals surface area (Å²) in [5, 5.41) is -0.0344. The Bertz CT molecular complexity index is 647. The van der Waals surface area contributed by atoms with Crippen molar-refractivity contribution < 1.29 is 8.42 Å². The topological polar surface area (TPSA) is 72.0 Å². The third-order valence-electron chi connectivity index (χ3n) is 2.41. The largest absolute Gasteiger partial charge is 0.261 e. The van der Waals surface area contributed by atoms with Crippen LogP contribution in [0, 0.1) is 0 Å². The summed E-state index contributed by atoms with van der Waals surface area (Å²) in [6.07, 6.45) is 3.62. The lowest BCUT2D eigenvalue weighted by Crippen LogP contribution is -2.26. The molecule has 0 radical (unpaired) electrons. The smallest absolute Gasteiger partial charge is 0.243 e. The monoisotopic (exact) mass is 297 g/mol. The molecule has 5 nitrogen and oxygen atoms in total. The van der Waals surface area contributed by atoms with Crippen molar-refractivity contribution in [3.8, 4) is 0 Å². The normalized spacial score (nSPS) is 11.4. The molecule has 2 aromatic rings. The van der Waals surface area contributed by atoms with E-state index in [-0.39, 0.29) is 16.6 Å². The van der Waals surface area contributed by atoms with Crippen molar-refractivity contribution in [1.29, 1.82) is 0 Å². The Morgan fingerprint density at radius 2 is 1.89 bits per heavy atom. The van der Waals surface area contributed by atoms with Gasteiger partial charge in [-0.25, -0.2) is 18.1 Å². The molecule has 0 aliphatic heterocycles. The van der Waals surface area contributed by atoms with Crippen molar-refractivity contribution in [3.05, 3.63) is 53.6 Å². The number of rotatable bonds is 5. The number of nitrogens with one attached hydrogen (secondary N) is 1. The lowest BCUT2D eigenvalue weighted by molar-refractivity contribution is 0.581. The number of halogens is 1. The predicted octanol–water partition coefficient (Wildman–Crippen LogP) is 1.65. The SMILES string of the molecule is O=S(=O)(NCCc1ccccn1)c1cccnc1Cl. The molecule has 2 rings (SSSR count). The maximum atomic E-state index is 12.0. The van der Waals surface area contributed by atoms with E-state index in [1.165, 1.54) is 18.3 Å². The van der Waals surface area contributed by atoms with Gasteiger partial charge < -0.3 is 0 Å². The molecule has 0 unspecified atom stereocenters. The minimum absolute atomic E-state index is 0.0160. The van der Waals surface area contributed by atoms with Gasteiger partial charge in [-0.2, -0.15) is 0 Å². The first-order valence-electron chi connectivity index (χ1n) is 5.60. The summed E-state index contributed by atoms with van der Waals surface area (Å²) < 4.78 is 26.4. The zero-order chi connectivity index (χ0) is 13.7. The zero-order valence-electron chi connectivity index (χ0n) is 9.95. The molecule has 0 saturated heterocycles. The standard InChI is InChI=1S/C12H12ClN3O2S/c13-12-11(5-3-8-15-12)19(17,18)16-9-6-10-4-1-2-7-14-10/h1-5,7-8,16H,6,9H2. The van der Waals surface area contributed by atoms with Gasteiger partial charge >= 0.3 is 0 Å². The van der Waals surface area contributed by atoms with E-state index in [1.54, 1.807) is 6.20 Å². The highest BCUT2D eigenvalue weighted by atomic mass is 35.5. The van der Waals surface area contributed by atoms with Crippen molar-refractivity contribution in [1.82, 2.24) is 14.7 Å². The van der Waals surface area contributed by atoms with Gasteiger partial charge in [-0.3, -0.25) is 4.98 Å². The first-order chi connectivity index (χ1) is 9.09. The van der Waals surface area contributed by atoms with Gasteiger partial charge in [0.05, 0.1) is 0 Å². The molecule has 2 aromatic heterocycles. The van der Waals surface area contributed by atoms with Crippen LogP contribution in [0.3, 0.4) is 0 Å². The minimum Gasteiger partial charge on any atom is -0.261 e. The van der Waals surface area contributed by atoms with Crippen LogP contribution < -0.4 is 4.72 Å². The molecule has 0 aromatic carbocycles. The molecule has 0 aliphatic carbocycles. The van der Waals surface area contributed by atoms with Crippen LogP contribution in [-0.4, -0.2) is 24.9 Å². The lowest BCUT2D eigenvalue weighted by atomic mass is 10.3. The maximum absolute atomic E-state index is 12.0. The van der Waals surface area contributed by atoms with E-state index in [4.69, 9.17) is 11.6 Å². The Kier molecular flexibility index (Phi) is 4.47. The zero-order valence-corrected chi connectivity index (χ0v) is 11.5. The minimum atomic E-state index is -3.63. The predicted molar refractivity (Wildman–Crippen MR) is 72.4 cm³/mol. The van der Waals surface area contributed by atoms with Gasteiger partial charge in [0.1, 0.15) is 10.0 Å². The average molecular weight is 298 g/mol. The summed E-state index contributed by atoms with van der Waals surface area (Å²) in [6.45, 7) is 0.255. The summed E-state index contributed by atoms with van der Waals surface area (Å²) >= 11 is 5.76. The Labute approximate surface area is 116 Å².